The highest BCUT2D eigenvalue weighted by atomic mass is 35.5. The van der Waals surface area contributed by atoms with Crippen molar-refractivity contribution in [1.82, 2.24) is 0 Å². The first kappa shape index (κ1) is 7.81. The molecule has 1 fully saturated rings. The van der Waals surface area contributed by atoms with Crippen molar-refractivity contribution in [1.29, 1.82) is 0 Å². The van der Waals surface area contributed by atoms with Crippen LogP contribution in [0.2, 0.25) is 0 Å². The van der Waals surface area contributed by atoms with Crippen LogP contribution >= 0.6 is 11.6 Å². The molecule has 2 heteroatoms. The first-order chi connectivity index (χ1) is 5.75. The van der Waals surface area contributed by atoms with Crippen LogP contribution in [-0.4, -0.2) is 5.78 Å². The molecule has 0 atom stereocenters. The third kappa shape index (κ3) is 1.37. The van der Waals surface area contributed by atoms with Gasteiger partial charge in [0.15, 0.2) is 5.78 Å². The number of fused-ring (bicyclic) bond motifs is 2. The number of carbonyl (C=O) groups excluding carboxylic acids is 1. The van der Waals surface area contributed by atoms with Crippen LogP contribution in [0.3, 0.4) is 0 Å². The molecule has 0 amide bonds. The zero-order valence-corrected chi connectivity index (χ0v) is 7.40. The van der Waals surface area contributed by atoms with Crippen molar-refractivity contribution < 1.29 is 4.79 Å². The molecule has 0 aromatic heterocycles. The normalized spacial score (nSPS) is 22.4. The van der Waals surface area contributed by atoms with Crippen molar-refractivity contribution in [2.45, 2.75) is 19.3 Å². The molecule has 0 aromatic rings. The van der Waals surface area contributed by atoms with Crippen molar-refractivity contribution in [2.75, 3.05) is 0 Å². The lowest BCUT2D eigenvalue weighted by Gasteiger charge is -2.14. The molecule has 0 unspecified atom stereocenters. The number of Topliss-reactive ketones (excluding diaryl/α,β-unsaturated/α-hetero) is 1. The van der Waals surface area contributed by atoms with Gasteiger partial charge in [-0.2, -0.15) is 0 Å². The highest BCUT2D eigenvalue weighted by Gasteiger charge is 2.19. The Hall–Kier alpha value is -0.820. The average Bonchev–Trinajstić information content (AvgIpc) is 2.20. The Morgan fingerprint density at radius 1 is 1.25 bits per heavy atom. The second-order valence-electron chi connectivity index (χ2n) is 3.15. The highest BCUT2D eigenvalue weighted by Crippen LogP contribution is 2.29. The van der Waals surface area contributed by atoms with Crippen molar-refractivity contribution in [3.05, 3.63) is 34.4 Å². The van der Waals surface area contributed by atoms with E-state index < -0.39 is 0 Å². The molecule has 1 nitrogen and oxygen atoms in total. The van der Waals surface area contributed by atoms with Crippen LogP contribution in [0.5, 0.6) is 0 Å². The monoisotopic (exact) mass is 180 g/mol. The predicted molar refractivity (Wildman–Crippen MR) is 49.0 cm³/mol. The zero-order chi connectivity index (χ0) is 8.55. The molecule has 0 aromatic carbocycles. The van der Waals surface area contributed by atoms with Gasteiger partial charge in [0.2, 0.25) is 0 Å². The van der Waals surface area contributed by atoms with Crippen LogP contribution in [0.15, 0.2) is 34.4 Å². The Balaban J connectivity index is 2.43. The molecule has 0 aliphatic heterocycles. The van der Waals surface area contributed by atoms with Gasteiger partial charge in [-0.05, 0) is 25.0 Å². The summed E-state index contributed by atoms with van der Waals surface area (Å²) in [6.07, 6.45) is 8.02. The molecule has 2 rings (SSSR count). The molecule has 2 bridgehead atoms. The Morgan fingerprint density at radius 3 is 2.92 bits per heavy atom. The van der Waals surface area contributed by atoms with E-state index >= 15 is 0 Å². The van der Waals surface area contributed by atoms with Gasteiger partial charge in [0.1, 0.15) is 0 Å². The number of halogens is 1. The second-order valence-corrected chi connectivity index (χ2v) is 3.58. The maximum atomic E-state index is 11.3. The fraction of sp³-hybridized carbons (Fsp3) is 0.300. The van der Waals surface area contributed by atoms with Crippen molar-refractivity contribution in [3.8, 4) is 0 Å². The maximum absolute atomic E-state index is 11.3. The van der Waals surface area contributed by atoms with Crippen LogP contribution in [0, 0.1) is 0 Å². The smallest absolute Gasteiger partial charge is 0.159 e. The van der Waals surface area contributed by atoms with Gasteiger partial charge in [-0.3, -0.25) is 4.79 Å². The Kier molecular flexibility index (Phi) is 1.89. The molecule has 2 aliphatic rings. The number of ketones is 1. The van der Waals surface area contributed by atoms with Crippen LogP contribution in [-0.2, 0) is 4.79 Å². The summed E-state index contributed by atoms with van der Waals surface area (Å²) in [5.74, 6) is 0.251. The van der Waals surface area contributed by atoms with Gasteiger partial charge in [-0.15, -0.1) is 0 Å². The van der Waals surface area contributed by atoms with E-state index in [0.717, 1.165) is 18.4 Å². The Morgan fingerprint density at radius 2 is 2.08 bits per heavy atom. The van der Waals surface area contributed by atoms with Gasteiger partial charge in [-0.1, -0.05) is 23.3 Å². The lowest BCUT2D eigenvalue weighted by atomic mass is 9.90. The summed E-state index contributed by atoms with van der Waals surface area (Å²) in [6, 6.07) is 0. The predicted octanol–water partition coefficient (Wildman–Crippen LogP) is 2.73. The first-order valence-corrected chi connectivity index (χ1v) is 4.42. The van der Waals surface area contributed by atoms with E-state index in [4.69, 9.17) is 11.6 Å². The molecular formula is C10H9ClO. The second kappa shape index (κ2) is 2.91. The fourth-order valence-electron chi connectivity index (χ4n) is 1.55. The Bertz CT molecular complexity index is 321. The molecule has 62 valence electrons. The number of rotatable bonds is 0. The lowest BCUT2D eigenvalue weighted by Crippen LogP contribution is -2.09. The van der Waals surface area contributed by atoms with Gasteiger partial charge < -0.3 is 0 Å². The van der Waals surface area contributed by atoms with E-state index in [1.54, 1.807) is 6.08 Å². The van der Waals surface area contributed by atoms with Gasteiger partial charge >= 0.3 is 0 Å². The van der Waals surface area contributed by atoms with E-state index in [2.05, 4.69) is 0 Å². The van der Waals surface area contributed by atoms with Crippen LogP contribution in [0.1, 0.15) is 19.3 Å². The van der Waals surface area contributed by atoms with Crippen LogP contribution in [0.25, 0.3) is 0 Å². The van der Waals surface area contributed by atoms with E-state index in [-0.39, 0.29) is 5.78 Å². The summed E-state index contributed by atoms with van der Waals surface area (Å²) in [5.41, 5.74) is 2.18. The maximum Gasteiger partial charge on any atom is 0.159 e. The van der Waals surface area contributed by atoms with Crippen molar-refractivity contribution in [3.63, 3.8) is 0 Å². The average molecular weight is 181 g/mol. The molecular weight excluding hydrogens is 172 g/mol. The molecule has 12 heavy (non-hydrogen) atoms. The van der Waals surface area contributed by atoms with Crippen molar-refractivity contribution >= 4 is 17.4 Å². The van der Waals surface area contributed by atoms with E-state index in [0.29, 0.717) is 11.5 Å². The molecule has 0 radical (unpaired) electrons. The number of hydrogen-bond donors (Lipinski definition) is 0. The molecule has 0 heterocycles. The summed E-state index contributed by atoms with van der Waals surface area (Å²) in [7, 11) is 0. The SMILES string of the molecule is O=C1CCC2=CC=C(Cl)C=C1C2. The first-order valence-electron chi connectivity index (χ1n) is 4.05. The van der Waals surface area contributed by atoms with Gasteiger partial charge in [0.05, 0.1) is 0 Å². The zero-order valence-electron chi connectivity index (χ0n) is 6.64. The topological polar surface area (TPSA) is 17.1 Å². The largest absolute Gasteiger partial charge is 0.295 e. The lowest BCUT2D eigenvalue weighted by molar-refractivity contribution is -0.116. The fourth-order valence-corrected chi connectivity index (χ4v) is 1.75. The number of hydrogen-bond acceptors (Lipinski definition) is 1. The van der Waals surface area contributed by atoms with E-state index in [1.165, 1.54) is 5.57 Å². The van der Waals surface area contributed by atoms with Crippen LogP contribution < -0.4 is 0 Å². The van der Waals surface area contributed by atoms with Gasteiger partial charge in [0.25, 0.3) is 0 Å². The quantitative estimate of drug-likeness (QED) is 0.560. The minimum atomic E-state index is 0.251. The Labute approximate surface area is 76.4 Å². The van der Waals surface area contributed by atoms with Crippen molar-refractivity contribution in [2.24, 2.45) is 0 Å². The summed E-state index contributed by atoms with van der Waals surface area (Å²) >= 11 is 5.84. The summed E-state index contributed by atoms with van der Waals surface area (Å²) in [5, 5.41) is 0.662. The highest BCUT2D eigenvalue weighted by molar-refractivity contribution is 6.31. The molecule has 0 N–H and O–H groups in total. The molecule has 0 saturated heterocycles. The third-order valence-electron chi connectivity index (χ3n) is 2.24. The van der Waals surface area contributed by atoms with Crippen LogP contribution in [0.4, 0.5) is 0 Å². The summed E-state index contributed by atoms with van der Waals surface area (Å²) < 4.78 is 0. The van der Waals surface area contributed by atoms with Gasteiger partial charge in [-0.25, -0.2) is 0 Å². The van der Waals surface area contributed by atoms with Gasteiger partial charge in [0, 0.05) is 17.0 Å². The minimum Gasteiger partial charge on any atom is -0.295 e. The molecule has 0 spiro atoms. The number of carbonyl (C=O) groups is 1. The molecule has 2 aliphatic carbocycles. The number of allylic oxidation sites excluding steroid dienone is 6. The minimum absolute atomic E-state index is 0.251. The third-order valence-corrected chi connectivity index (χ3v) is 2.47. The standard InChI is InChI=1S/C10H9ClO/c11-9-3-1-7-2-4-10(12)8(5-7)6-9/h1,3,6H,2,4-5H2. The summed E-state index contributed by atoms with van der Waals surface area (Å²) in [4.78, 5) is 11.3. The van der Waals surface area contributed by atoms with E-state index in [9.17, 15) is 4.79 Å². The summed E-state index contributed by atoms with van der Waals surface area (Å²) in [6.45, 7) is 0. The molecule has 1 saturated carbocycles. The van der Waals surface area contributed by atoms with E-state index in [1.807, 2.05) is 12.2 Å².